The van der Waals surface area contributed by atoms with Crippen molar-refractivity contribution >= 4 is 46.0 Å². The average Bonchev–Trinajstić information content (AvgIpc) is 3.02. The van der Waals surface area contributed by atoms with Gasteiger partial charge in [0.05, 0.1) is 6.61 Å². The summed E-state index contributed by atoms with van der Waals surface area (Å²) in [6.45, 7) is 7.46. The van der Waals surface area contributed by atoms with Crippen molar-refractivity contribution in [1.82, 2.24) is 4.98 Å². The lowest BCUT2D eigenvalue weighted by molar-refractivity contribution is 0.289. The zero-order valence-corrected chi connectivity index (χ0v) is 18.1. The van der Waals surface area contributed by atoms with Gasteiger partial charge in [0.2, 0.25) is 0 Å². The summed E-state index contributed by atoms with van der Waals surface area (Å²) in [5.74, 6) is 0. The van der Waals surface area contributed by atoms with Gasteiger partial charge in [-0.15, -0.1) is 11.3 Å². The number of aromatic nitrogens is 1. The lowest BCUT2D eigenvalue weighted by atomic mass is 10.2. The monoisotopic (exact) mass is 431 g/mol. The van der Waals surface area contributed by atoms with Gasteiger partial charge < -0.3 is 4.43 Å². The second-order valence-electron chi connectivity index (χ2n) is 7.03. The van der Waals surface area contributed by atoms with E-state index in [-0.39, 0.29) is 5.04 Å². The number of nitrogens with zero attached hydrogens (tertiary/aromatic N) is 1. The molecule has 0 aliphatic heterocycles. The van der Waals surface area contributed by atoms with E-state index in [1.807, 2.05) is 6.20 Å². The molecule has 2 nitrogen and oxygen atoms in total. The highest BCUT2D eigenvalue weighted by Gasteiger charge is 2.50. The highest BCUT2D eigenvalue weighted by molar-refractivity contribution is 9.11. The summed E-state index contributed by atoms with van der Waals surface area (Å²) in [6.07, 6.45) is 1.90. The molecule has 2 aromatic carbocycles. The van der Waals surface area contributed by atoms with Crippen LogP contribution in [0.5, 0.6) is 0 Å². The number of hydrogen-bond acceptors (Lipinski definition) is 3. The maximum atomic E-state index is 6.85. The Morgan fingerprint density at radius 1 is 0.960 bits per heavy atom. The largest absolute Gasteiger partial charge is 0.402 e. The maximum Gasteiger partial charge on any atom is 0.261 e. The quantitative estimate of drug-likeness (QED) is 0.531. The van der Waals surface area contributed by atoms with E-state index in [0.29, 0.717) is 6.61 Å². The van der Waals surface area contributed by atoms with E-state index in [0.717, 1.165) is 8.79 Å². The van der Waals surface area contributed by atoms with Crippen LogP contribution in [0.2, 0.25) is 5.04 Å². The van der Waals surface area contributed by atoms with Crippen LogP contribution in [-0.4, -0.2) is 13.3 Å². The highest BCUT2D eigenvalue weighted by atomic mass is 79.9. The molecule has 0 saturated heterocycles. The van der Waals surface area contributed by atoms with Crippen LogP contribution >= 0.6 is 27.3 Å². The predicted octanol–water partition coefficient (Wildman–Crippen LogP) is 4.98. The Balaban J connectivity index is 2.11. The fraction of sp³-hybridized carbons (Fsp3) is 0.250. The van der Waals surface area contributed by atoms with Crippen LogP contribution in [0.15, 0.2) is 70.8 Å². The van der Waals surface area contributed by atoms with Crippen molar-refractivity contribution < 1.29 is 4.43 Å². The molecule has 0 aliphatic rings. The van der Waals surface area contributed by atoms with Crippen LogP contribution < -0.4 is 10.4 Å². The lowest BCUT2D eigenvalue weighted by Crippen LogP contribution is -2.66. The molecule has 0 unspecified atom stereocenters. The van der Waals surface area contributed by atoms with Crippen molar-refractivity contribution in [3.63, 3.8) is 0 Å². The molecule has 25 heavy (non-hydrogen) atoms. The maximum absolute atomic E-state index is 6.85. The molecule has 5 heteroatoms. The number of thiazole rings is 1. The first-order chi connectivity index (χ1) is 11.9. The Labute approximate surface area is 163 Å². The van der Waals surface area contributed by atoms with Gasteiger partial charge in [0.25, 0.3) is 8.32 Å². The van der Waals surface area contributed by atoms with E-state index in [1.165, 1.54) is 10.4 Å². The van der Waals surface area contributed by atoms with Crippen molar-refractivity contribution in [2.75, 3.05) is 0 Å². The van der Waals surface area contributed by atoms with Gasteiger partial charge >= 0.3 is 0 Å². The smallest absolute Gasteiger partial charge is 0.261 e. The molecule has 1 heterocycles. The molecule has 1 aromatic heterocycles. The SMILES string of the molecule is CC(C)(C)[Si](OCc1cnc(Br)s1)(c1ccccc1)c1ccccc1. The van der Waals surface area contributed by atoms with Gasteiger partial charge in [0.15, 0.2) is 3.92 Å². The van der Waals surface area contributed by atoms with Crippen LogP contribution in [0.4, 0.5) is 0 Å². The van der Waals surface area contributed by atoms with E-state index in [2.05, 4.69) is 102 Å². The van der Waals surface area contributed by atoms with Crippen molar-refractivity contribution in [2.24, 2.45) is 0 Å². The Kier molecular flexibility index (Phi) is 5.58. The molecule has 0 spiro atoms. The van der Waals surface area contributed by atoms with Crippen molar-refractivity contribution in [1.29, 1.82) is 0 Å². The number of hydrogen-bond donors (Lipinski definition) is 0. The van der Waals surface area contributed by atoms with E-state index < -0.39 is 8.32 Å². The Morgan fingerprint density at radius 3 is 1.88 bits per heavy atom. The van der Waals surface area contributed by atoms with Gasteiger partial charge in [-0.3, -0.25) is 0 Å². The summed E-state index contributed by atoms with van der Waals surface area (Å²) >= 11 is 5.08. The Bertz CT molecular complexity index is 775. The van der Waals surface area contributed by atoms with Crippen molar-refractivity contribution in [2.45, 2.75) is 32.4 Å². The molecule has 0 bridgehead atoms. The minimum atomic E-state index is -2.46. The average molecular weight is 432 g/mol. The minimum Gasteiger partial charge on any atom is -0.402 e. The standard InChI is InChI=1S/C20H22BrNOSSi/c1-20(2,3)25(17-10-6-4-7-11-17,18-12-8-5-9-13-18)23-15-16-14-22-19(21)24-16/h4-14H,15H2,1-3H3. The zero-order chi connectivity index (χ0) is 17.9. The third kappa shape index (κ3) is 3.79. The number of benzene rings is 2. The second kappa shape index (κ2) is 7.54. The predicted molar refractivity (Wildman–Crippen MR) is 112 cm³/mol. The van der Waals surface area contributed by atoms with Crippen LogP contribution in [0.3, 0.4) is 0 Å². The molecule has 0 saturated carbocycles. The summed E-state index contributed by atoms with van der Waals surface area (Å²) in [6, 6.07) is 21.4. The van der Waals surface area contributed by atoms with Gasteiger partial charge in [-0.2, -0.15) is 0 Å². The molecule has 0 fully saturated rings. The summed E-state index contributed by atoms with van der Waals surface area (Å²) < 4.78 is 7.75. The fourth-order valence-corrected chi connectivity index (χ4v) is 9.19. The second-order valence-corrected chi connectivity index (χ2v) is 13.7. The summed E-state index contributed by atoms with van der Waals surface area (Å²) in [4.78, 5) is 5.43. The molecule has 0 atom stereocenters. The normalized spacial score (nSPS) is 12.3. The van der Waals surface area contributed by atoms with Crippen LogP contribution in [-0.2, 0) is 11.0 Å². The van der Waals surface area contributed by atoms with Crippen molar-refractivity contribution in [3.05, 3.63) is 75.7 Å². The highest BCUT2D eigenvalue weighted by Crippen LogP contribution is 2.37. The molecular weight excluding hydrogens is 410 g/mol. The van der Waals surface area contributed by atoms with E-state index in [4.69, 9.17) is 4.43 Å². The first-order valence-electron chi connectivity index (χ1n) is 8.29. The van der Waals surface area contributed by atoms with E-state index in [1.54, 1.807) is 11.3 Å². The van der Waals surface area contributed by atoms with Gasteiger partial charge in [-0.25, -0.2) is 4.98 Å². The zero-order valence-electron chi connectivity index (χ0n) is 14.7. The number of halogens is 1. The molecule has 0 N–H and O–H groups in total. The van der Waals surface area contributed by atoms with Gasteiger partial charge in [-0.05, 0) is 31.3 Å². The van der Waals surface area contributed by atoms with Crippen LogP contribution in [0, 0.1) is 0 Å². The summed E-state index contributed by atoms with van der Waals surface area (Å²) in [5.41, 5.74) is 0. The summed E-state index contributed by atoms with van der Waals surface area (Å²) in [5, 5.41) is 2.60. The molecule has 3 rings (SSSR count). The van der Waals surface area contributed by atoms with Crippen LogP contribution in [0.25, 0.3) is 0 Å². The van der Waals surface area contributed by atoms with Gasteiger partial charge in [-0.1, -0.05) is 81.4 Å². The molecule has 3 aromatic rings. The Hall–Kier alpha value is -1.27. The third-order valence-electron chi connectivity index (χ3n) is 4.37. The first kappa shape index (κ1) is 18.5. The first-order valence-corrected chi connectivity index (χ1v) is 11.8. The molecule has 0 aliphatic carbocycles. The topological polar surface area (TPSA) is 22.1 Å². The van der Waals surface area contributed by atoms with Gasteiger partial charge in [0.1, 0.15) is 0 Å². The van der Waals surface area contributed by atoms with Gasteiger partial charge in [0, 0.05) is 11.1 Å². The molecule has 0 amide bonds. The fourth-order valence-electron chi connectivity index (χ4n) is 3.29. The minimum absolute atomic E-state index is 0.00235. The summed E-state index contributed by atoms with van der Waals surface area (Å²) in [7, 11) is -2.46. The van der Waals surface area contributed by atoms with E-state index >= 15 is 0 Å². The van der Waals surface area contributed by atoms with E-state index in [9.17, 15) is 0 Å². The molecule has 0 radical (unpaired) electrons. The van der Waals surface area contributed by atoms with Crippen molar-refractivity contribution in [3.8, 4) is 0 Å². The molecular formula is C20H22BrNOSSi. The number of rotatable bonds is 5. The lowest BCUT2D eigenvalue weighted by Gasteiger charge is -2.42. The Morgan fingerprint density at radius 2 is 1.48 bits per heavy atom. The third-order valence-corrected chi connectivity index (χ3v) is 10.8. The van der Waals surface area contributed by atoms with Crippen LogP contribution in [0.1, 0.15) is 25.6 Å². The molecule has 130 valence electrons.